The summed E-state index contributed by atoms with van der Waals surface area (Å²) in [5.74, 6) is -0.939. The summed E-state index contributed by atoms with van der Waals surface area (Å²) < 4.78 is 27.7. The lowest BCUT2D eigenvalue weighted by Crippen LogP contribution is -2.48. The molecular weight excluding hydrogens is 296 g/mol. The van der Waals surface area contributed by atoms with Crippen LogP contribution in [0.2, 0.25) is 0 Å². The maximum Gasteiger partial charge on any atom is 0.305 e. The van der Waals surface area contributed by atoms with Crippen molar-refractivity contribution < 1.29 is 18.3 Å². The summed E-state index contributed by atoms with van der Waals surface area (Å²) in [5.41, 5.74) is 0. The minimum Gasteiger partial charge on any atom is -0.481 e. The van der Waals surface area contributed by atoms with Crippen molar-refractivity contribution in [3.8, 4) is 0 Å². The Morgan fingerprint density at radius 2 is 2.00 bits per heavy atom. The van der Waals surface area contributed by atoms with Crippen molar-refractivity contribution in [1.29, 1.82) is 0 Å². The smallest absolute Gasteiger partial charge is 0.305 e. The highest BCUT2D eigenvalue weighted by Gasteiger charge is 2.29. The van der Waals surface area contributed by atoms with Gasteiger partial charge in [0.05, 0.1) is 19.2 Å². The molecule has 0 saturated carbocycles. The van der Waals surface area contributed by atoms with Gasteiger partial charge in [0.2, 0.25) is 10.0 Å². The molecule has 1 aromatic rings. The van der Waals surface area contributed by atoms with E-state index in [2.05, 4.69) is 16.9 Å². The molecular formula is C12H20N4O4S. The Hall–Kier alpha value is -1.45. The molecule has 1 aromatic heterocycles. The van der Waals surface area contributed by atoms with Gasteiger partial charge in [-0.15, -0.1) is 0 Å². The quantitative estimate of drug-likeness (QED) is 0.773. The van der Waals surface area contributed by atoms with Gasteiger partial charge < -0.3 is 10.0 Å². The van der Waals surface area contributed by atoms with Crippen LogP contribution in [0.1, 0.15) is 13.3 Å². The van der Waals surface area contributed by atoms with Crippen LogP contribution in [0.3, 0.4) is 0 Å². The highest BCUT2D eigenvalue weighted by molar-refractivity contribution is 7.89. The lowest BCUT2D eigenvalue weighted by Gasteiger charge is -2.32. The van der Waals surface area contributed by atoms with Crippen LogP contribution in [0.5, 0.6) is 0 Å². The van der Waals surface area contributed by atoms with Crippen molar-refractivity contribution in [1.82, 2.24) is 19.0 Å². The molecule has 0 aromatic carbocycles. The summed E-state index contributed by atoms with van der Waals surface area (Å²) >= 11 is 0. The first kappa shape index (κ1) is 15.9. The maximum absolute atomic E-state index is 12.5. The zero-order valence-corrected chi connectivity index (χ0v) is 12.8. The molecule has 1 aliphatic heterocycles. The van der Waals surface area contributed by atoms with E-state index in [-0.39, 0.29) is 17.9 Å². The molecule has 0 unspecified atom stereocenters. The topological polar surface area (TPSA) is 95.7 Å². The number of carboxylic acid groups (broad SMARTS) is 1. The van der Waals surface area contributed by atoms with Crippen LogP contribution >= 0.6 is 0 Å². The number of hydrogen-bond donors (Lipinski definition) is 1. The third-order valence-electron chi connectivity index (χ3n) is 3.58. The Morgan fingerprint density at radius 1 is 1.33 bits per heavy atom. The molecule has 9 heteroatoms. The van der Waals surface area contributed by atoms with Gasteiger partial charge in [0, 0.05) is 32.4 Å². The molecule has 8 nitrogen and oxygen atoms in total. The van der Waals surface area contributed by atoms with E-state index in [1.165, 1.54) is 21.4 Å². The Bertz CT molecular complexity index is 590. The van der Waals surface area contributed by atoms with Crippen LogP contribution in [0.25, 0.3) is 0 Å². The van der Waals surface area contributed by atoms with Gasteiger partial charge in [-0.3, -0.25) is 9.48 Å². The molecule has 0 bridgehead atoms. The van der Waals surface area contributed by atoms with Gasteiger partial charge in [0.15, 0.2) is 0 Å². The third kappa shape index (κ3) is 3.80. The number of aliphatic carboxylic acids is 1. The number of likely N-dealkylation sites (N-methyl/N-ethyl adjacent to an activating group) is 1. The molecule has 0 atom stereocenters. The van der Waals surface area contributed by atoms with Crippen molar-refractivity contribution in [2.24, 2.45) is 0 Å². The van der Waals surface area contributed by atoms with Gasteiger partial charge in [-0.1, -0.05) is 6.92 Å². The molecule has 0 amide bonds. The highest BCUT2D eigenvalue weighted by Crippen LogP contribution is 2.17. The second kappa shape index (κ2) is 6.54. The van der Waals surface area contributed by atoms with Gasteiger partial charge in [-0.2, -0.15) is 9.40 Å². The number of aryl methyl sites for hydroxylation is 1. The fraction of sp³-hybridized carbons (Fsp3) is 0.667. The van der Waals surface area contributed by atoms with E-state index < -0.39 is 16.0 Å². The summed E-state index contributed by atoms with van der Waals surface area (Å²) in [6.07, 6.45) is 2.59. The first-order chi connectivity index (χ1) is 9.93. The molecule has 2 rings (SSSR count). The average molecular weight is 316 g/mol. The molecule has 1 saturated heterocycles. The molecule has 0 radical (unpaired) electrons. The van der Waals surface area contributed by atoms with Crippen molar-refractivity contribution in [2.75, 3.05) is 32.7 Å². The number of sulfonamides is 1. The average Bonchev–Trinajstić information content (AvgIpc) is 2.95. The zero-order chi connectivity index (χ0) is 15.5. The number of hydrogen-bond acceptors (Lipinski definition) is 5. The number of piperazine rings is 1. The normalized spacial score (nSPS) is 18.0. The zero-order valence-electron chi connectivity index (χ0n) is 12.0. The van der Waals surface area contributed by atoms with E-state index in [4.69, 9.17) is 5.11 Å². The van der Waals surface area contributed by atoms with Gasteiger partial charge in [-0.05, 0) is 6.54 Å². The maximum atomic E-state index is 12.5. The molecule has 118 valence electrons. The number of rotatable bonds is 6. The van der Waals surface area contributed by atoms with Crippen molar-refractivity contribution in [3.63, 3.8) is 0 Å². The fourth-order valence-corrected chi connectivity index (χ4v) is 3.62. The van der Waals surface area contributed by atoms with E-state index in [0.717, 1.165) is 19.6 Å². The molecule has 0 aliphatic carbocycles. The summed E-state index contributed by atoms with van der Waals surface area (Å²) in [6.45, 7) is 5.52. The van der Waals surface area contributed by atoms with E-state index in [1.54, 1.807) is 0 Å². The summed E-state index contributed by atoms with van der Waals surface area (Å²) in [6, 6.07) is 0. The molecule has 2 heterocycles. The number of carbonyl (C=O) groups is 1. The first-order valence-electron chi connectivity index (χ1n) is 6.90. The Balaban J connectivity index is 2.04. The second-order valence-corrected chi connectivity index (χ2v) is 6.86. The lowest BCUT2D eigenvalue weighted by molar-refractivity contribution is -0.137. The van der Waals surface area contributed by atoms with Gasteiger partial charge in [-0.25, -0.2) is 8.42 Å². The lowest BCUT2D eigenvalue weighted by atomic mass is 10.4. The van der Waals surface area contributed by atoms with Crippen molar-refractivity contribution in [3.05, 3.63) is 12.4 Å². The van der Waals surface area contributed by atoms with E-state index in [0.29, 0.717) is 13.1 Å². The van der Waals surface area contributed by atoms with Crippen LogP contribution in [0.4, 0.5) is 0 Å². The predicted molar refractivity (Wildman–Crippen MR) is 75.4 cm³/mol. The van der Waals surface area contributed by atoms with Crippen LogP contribution in [0, 0.1) is 0 Å². The largest absolute Gasteiger partial charge is 0.481 e. The minimum atomic E-state index is -3.54. The van der Waals surface area contributed by atoms with E-state index in [1.807, 2.05) is 0 Å². The summed E-state index contributed by atoms with van der Waals surface area (Å²) in [5, 5.41) is 12.5. The highest BCUT2D eigenvalue weighted by atomic mass is 32.2. The second-order valence-electron chi connectivity index (χ2n) is 4.92. The Morgan fingerprint density at radius 3 is 2.57 bits per heavy atom. The van der Waals surface area contributed by atoms with E-state index >= 15 is 0 Å². The first-order valence-corrected chi connectivity index (χ1v) is 8.34. The van der Waals surface area contributed by atoms with Crippen LogP contribution in [-0.2, 0) is 21.4 Å². The summed E-state index contributed by atoms with van der Waals surface area (Å²) in [4.78, 5) is 12.8. The standard InChI is InChI=1S/C12H20N4O4S/c1-2-14-5-7-16(8-6-14)21(19,20)11-9-13-15(10-11)4-3-12(17)18/h9-10H,2-8H2,1H3,(H,17,18). The Labute approximate surface area is 124 Å². The van der Waals surface area contributed by atoms with Crippen LogP contribution in [0.15, 0.2) is 17.3 Å². The van der Waals surface area contributed by atoms with Crippen LogP contribution < -0.4 is 0 Å². The number of carboxylic acids is 1. The SMILES string of the molecule is CCN1CCN(S(=O)(=O)c2cnn(CCC(=O)O)c2)CC1. The molecule has 21 heavy (non-hydrogen) atoms. The third-order valence-corrected chi connectivity index (χ3v) is 5.43. The van der Waals surface area contributed by atoms with Gasteiger partial charge >= 0.3 is 5.97 Å². The summed E-state index contributed by atoms with van der Waals surface area (Å²) in [7, 11) is -3.54. The van der Waals surface area contributed by atoms with Crippen molar-refractivity contribution >= 4 is 16.0 Å². The van der Waals surface area contributed by atoms with E-state index in [9.17, 15) is 13.2 Å². The number of aromatic nitrogens is 2. The Kier molecular flexibility index (Phi) is 4.96. The van der Waals surface area contributed by atoms with Crippen molar-refractivity contribution in [2.45, 2.75) is 24.8 Å². The predicted octanol–water partition coefficient (Wildman–Crippen LogP) is -0.316. The molecule has 1 fully saturated rings. The van der Waals surface area contributed by atoms with Gasteiger partial charge in [0.1, 0.15) is 4.90 Å². The fourth-order valence-electron chi connectivity index (χ4n) is 2.25. The minimum absolute atomic E-state index is 0.0870. The molecule has 0 spiro atoms. The molecule has 1 aliphatic rings. The molecule has 1 N–H and O–H groups in total. The van der Waals surface area contributed by atoms with Crippen LogP contribution in [-0.4, -0.2) is 71.2 Å². The monoisotopic (exact) mass is 316 g/mol. The number of nitrogens with zero attached hydrogens (tertiary/aromatic N) is 4. The van der Waals surface area contributed by atoms with Gasteiger partial charge in [0.25, 0.3) is 0 Å².